The van der Waals surface area contributed by atoms with Crippen LogP contribution in [-0.4, -0.2) is 37.6 Å². The minimum atomic E-state index is -0.465. The Hall–Kier alpha value is -4.69. The Bertz CT molecular complexity index is 2040. The number of hydrogen-bond donors (Lipinski definition) is 4. The third-order valence-electron chi connectivity index (χ3n) is 8.47. The fraction of sp³-hybridized carbons (Fsp3) is 0.257. The van der Waals surface area contributed by atoms with E-state index in [9.17, 15) is 9.18 Å². The van der Waals surface area contributed by atoms with Gasteiger partial charge in [-0.15, -0.1) is 0 Å². The lowest BCUT2D eigenvalue weighted by Crippen LogP contribution is -2.60. The molecular weight excluding hydrogens is 539 g/mol. The number of nitrogens with two attached hydrogens (primary N) is 1. The maximum Gasteiger partial charge on any atom is 0.250 e. The van der Waals surface area contributed by atoms with Crippen molar-refractivity contribution in [2.45, 2.75) is 57.7 Å². The zero-order valence-electron chi connectivity index (χ0n) is 24.8. The molecule has 2 aromatic heterocycles. The number of nitrogens with zero attached hydrogens (tertiary/aromatic N) is 2. The van der Waals surface area contributed by atoms with Gasteiger partial charge in [-0.3, -0.25) is 4.79 Å². The highest BCUT2D eigenvalue weighted by Gasteiger charge is 2.38. The molecule has 0 atom stereocenters. The van der Waals surface area contributed by atoms with E-state index >= 15 is 0 Å². The lowest BCUT2D eigenvalue weighted by atomic mass is 9.79. The number of anilines is 1. The van der Waals surface area contributed by atoms with E-state index in [0.717, 1.165) is 51.6 Å². The molecule has 1 aliphatic heterocycles. The highest BCUT2D eigenvalue weighted by Crippen LogP contribution is 2.39. The number of H-pyrrole nitrogens is 1. The van der Waals surface area contributed by atoms with Gasteiger partial charge in [0, 0.05) is 44.8 Å². The van der Waals surface area contributed by atoms with Crippen LogP contribution in [0, 0.1) is 5.82 Å². The molecule has 8 heteroatoms. The lowest BCUT2D eigenvalue weighted by Gasteiger charge is -2.47. The number of para-hydroxylation sites is 1. The van der Waals surface area contributed by atoms with E-state index in [1.165, 1.54) is 12.1 Å². The van der Waals surface area contributed by atoms with E-state index in [4.69, 9.17) is 10.7 Å². The van der Waals surface area contributed by atoms with Crippen molar-refractivity contribution in [3.8, 4) is 17.1 Å². The average Bonchev–Trinajstić information content (AvgIpc) is 3.50. The fourth-order valence-corrected chi connectivity index (χ4v) is 7.25. The first-order valence-corrected chi connectivity index (χ1v) is 14.7. The number of fused-ring (bicyclic) bond motifs is 4. The van der Waals surface area contributed by atoms with Crippen LogP contribution in [0.4, 0.5) is 10.1 Å². The second kappa shape index (κ2) is 9.67. The number of carbonyl (C=O) groups excluding carboxylic acids is 1. The number of amides is 1. The van der Waals surface area contributed by atoms with Gasteiger partial charge in [-0.1, -0.05) is 30.3 Å². The first kappa shape index (κ1) is 27.2. The van der Waals surface area contributed by atoms with Crippen LogP contribution in [0.3, 0.4) is 0 Å². The third kappa shape index (κ3) is 4.81. The zero-order valence-corrected chi connectivity index (χ0v) is 24.8. The molecule has 1 amide bonds. The van der Waals surface area contributed by atoms with Crippen LogP contribution in [0.5, 0.6) is 0 Å². The van der Waals surface area contributed by atoms with Crippen LogP contribution in [0.1, 0.15) is 50.9 Å². The monoisotopic (exact) mass is 574 g/mol. The fourth-order valence-electron chi connectivity index (χ4n) is 7.25. The molecule has 0 spiro atoms. The van der Waals surface area contributed by atoms with Crippen LogP contribution >= 0.6 is 0 Å². The van der Waals surface area contributed by atoms with Crippen LogP contribution in [-0.2, 0) is 0 Å². The Kier molecular flexibility index (Phi) is 6.11. The average molecular weight is 575 g/mol. The number of nitrogens with one attached hydrogen (secondary N) is 3. The van der Waals surface area contributed by atoms with Crippen molar-refractivity contribution in [1.82, 2.24) is 19.9 Å². The predicted octanol–water partition coefficient (Wildman–Crippen LogP) is 7.29. The number of aromatic amines is 1. The highest BCUT2D eigenvalue weighted by molar-refractivity contribution is 6.15. The third-order valence-corrected chi connectivity index (χ3v) is 8.47. The molecule has 0 radical (unpaired) electrons. The second-order valence-electron chi connectivity index (χ2n) is 13.0. The van der Waals surface area contributed by atoms with E-state index in [1.54, 1.807) is 6.07 Å². The van der Waals surface area contributed by atoms with Gasteiger partial charge in [-0.25, -0.2) is 9.37 Å². The van der Waals surface area contributed by atoms with Crippen molar-refractivity contribution in [1.29, 1.82) is 0 Å². The van der Waals surface area contributed by atoms with Gasteiger partial charge < -0.3 is 25.9 Å². The maximum atomic E-state index is 13.9. The van der Waals surface area contributed by atoms with E-state index in [2.05, 4.69) is 66.1 Å². The molecule has 6 aromatic rings. The number of benzene rings is 4. The summed E-state index contributed by atoms with van der Waals surface area (Å²) >= 11 is 0. The maximum absolute atomic E-state index is 13.9. The Morgan fingerprint density at radius 3 is 2.47 bits per heavy atom. The summed E-state index contributed by atoms with van der Waals surface area (Å²) < 4.78 is 16.2. The lowest BCUT2D eigenvalue weighted by molar-refractivity contribution is 0.100. The van der Waals surface area contributed by atoms with E-state index in [-0.39, 0.29) is 22.9 Å². The summed E-state index contributed by atoms with van der Waals surface area (Å²) in [4.78, 5) is 20.7. The van der Waals surface area contributed by atoms with Crippen molar-refractivity contribution >= 4 is 44.4 Å². The number of aromatic nitrogens is 3. The minimum Gasteiger partial charge on any atom is -0.381 e. The van der Waals surface area contributed by atoms with Gasteiger partial charge in [0.15, 0.2) is 0 Å². The van der Waals surface area contributed by atoms with Crippen molar-refractivity contribution in [2.75, 3.05) is 5.32 Å². The summed E-state index contributed by atoms with van der Waals surface area (Å²) in [5.74, 6) is -0.0954. The largest absolute Gasteiger partial charge is 0.381 e. The Morgan fingerprint density at radius 2 is 1.70 bits per heavy atom. The van der Waals surface area contributed by atoms with Crippen molar-refractivity contribution in [2.24, 2.45) is 5.73 Å². The molecule has 1 saturated heterocycles. The molecule has 1 aliphatic rings. The van der Waals surface area contributed by atoms with Gasteiger partial charge in [-0.05, 0) is 89.1 Å². The molecule has 5 N–H and O–H groups in total. The molecule has 218 valence electrons. The van der Waals surface area contributed by atoms with E-state index < -0.39 is 5.91 Å². The molecule has 3 heterocycles. The Balaban J connectivity index is 1.40. The minimum absolute atomic E-state index is 0.0599. The second-order valence-corrected chi connectivity index (χ2v) is 13.0. The zero-order chi connectivity index (χ0) is 30.1. The number of primary amides is 1. The molecule has 0 bridgehead atoms. The SMILES string of the molecule is CC1(C)CC(Nc2cc(-n3c4ccccc4c4c(-c5nc6ccc(F)cc6[nH]5)cccc43)ccc2C(N)=O)CC(C)(C)N1. The molecule has 43 heavy (non-hydrogen) atoms. The summed E-state index contributed by atoms with van der Waals surface area (Å²) in [6.45, 7) is 8.84. The Labute approximate surface area is 249 Å². The molecule has 0 saturated carbocycles. The molecule has 0 aliphatic carbocycles. The van der Waals surface area contributed by atoms with Crippen LogP contribution in [0.2, 0.25) is 0 Å². The summed E-state index contributed by atoms with van der Waals surface area (Å²) in [6.07, 6.45) is 1.80. The molecular formula is C35H35FN6O. The number of halogens is 1. The topological polar surface area (TPSA) is 101 Å². The van der Waals surface area contributed by atoms with Gasteiger partial charge in [0.25, 0.3) is 5.91 Å². The number of rotatable bonds is 5. The standard InChI is InChI=1S/C35H35FN6O/c1-34(2)18-21(19-35(3,4)41-34)38-27-17-22(13-14-23(27)32(37)43)42-29-10-6-5-8-24(29)31-25(9-7-11-30(31)42)33-39-26-15-12-20(36)16-28(26)40-33/h5-17,21,38,41H,18-19H2,1-4H3,(H2,37,43)(H,39,40). The van der Waals surface area contributed by atoms with Gasteiger partial charge in [0.2, 0.25) is 0 Å². The predicted molar refractivity (Wildman–Crippen MR) is 172 cm³/mol. The summed E-state index contributed by atoms with van der Waals surface area (Å²) in [7, 11) is 0. The van der Waals surface area contributed by atoms with Crippen molar-refractivity contribution in [3.63, 3.8) is 0 Å². The van der Waals surface area contributed by atoms with Gasteiger partial charge >= 0.3 is 0 Å². The number of carbonyl (C=O) groups is 1. The van der Waals surface area contributed by atoms with E-state index in [0.29, 0.717) is 22.4 Å². The van der Waals surface area contributed by atoms with Crippen molar-refractivity contribution < 1.29 is 9.18 Å². The molecule has 7 rings (SSSR count). The normalized spacial score (nSPS) is 16.7. The van der Waals surface area contributed by atoms with E-state index in [1.807, 2.05) is 42.5 Å². The summed E-state index contributed by atoms with van der Waals surface area (Å²) in [5, 5.41) is 9.52. The quantitative estimate of drug-likeness (QED) is 0.174. The summed E-state index contributed by atoms with van der Waals surface area (Å²) in [6, 6.07) is 24.9. The number of hydrogen-bond acceptors (Lipinski definition) is 4. The molecule has 0 unspecified atom stereocenters. The van der Waals surface area contributed by atoms with Gasteiger partial charge in [0.05, 0.1) is 27.6 Å². The van der Waals surface area contributed by atoms with Gasteiger partial charge in [0.1, 0.15) is 11.6 Å². The smallest absolute Gasteiger partial charge is 0.250 e. The molecule has 7 nitrogen and oxygen atoms in total. The molecule has 1 fully saturated rings. The Morgan fingerprint density at radius 1 is 0.953 bits per heavy atom. The van der Waals surface area contributed by atoms with Gasteiger partial charge in [-0.2, -0.15) is 0 Å². The highest BCUT2D eigenvalue weighted by atomic mass is 19.1. The first-order chi connectivity index (χ1) is 20.5. The first-order valence-electron chi connectivity index (χ1n) is 14.7. The van der Waals surface area contributed by atoms with Crippen LogP contribution < -0.4 is 16.4 Å². The number of imidazole rings is 1. The summed E-state index contributed by atoms with van der Waals surface area (Å²) in [5.41, 5.74) is 12.2. The van der Waals surface area contributed by atoms with Crippen molar-refractivity contribution in [3.05, 3.63) is 90.2 Å². The molecule has 4 aromatic carbocycles. The van der Waals surface area contributed by atoms with Crippen LogP contribution in [0.25, 0.3) is 49.9 Å². The van der Waals surface area contributed by atoms with Crippen LogP contribution in [0.15, 0.2) is 78.9 Å². The number of piperidine rings is 1.